The molecule has 1 aliphatic heterocycles. The van der Waals surface area contributed by atoms with Gasteiger partial charge < -0.3 is 10.2 Å². The highest BCUT2D eigenvalue weighted by Gasteiger charge is 2.38. The first-order valence-electron chi connectivity index (χ1n) is 10.6. The van der Waals surface area contributed by atoms with Gasteiger partial charge in [0, 0.05) is 18.4 Å². The van der Waals surface area contributed by atoms with Gasteiger partial charge in [0.25, 0.3) is 0 Å². The molecular formula is C23H25F7N2O4. The lowest BCUT2D eigenvalue weighted by Crippen LogP contribution is -2.34. The molecule has 0 amide bonds. The molecule has 2 heterocycles. The maximum absolute atomic E-state index is 12.9. The summed E-state index contributed by atoms with van der Waals surface area (Å²) in [4.78, 5) is 24.7. The number of piperidine rings is 1. The number of nitrogens with zero attached hydrogens (tertiary/aromatic N) is 2. The minimum atomic E-state index is -5.08. The van der Waals surface area contributed by atoms with Crippen molar-refractivity contribution < 1.29 is 50.5 Å². The summed E-state index contributed by atoms with van der Waals surface area (Å²) >= 11 is 0. The molecule has 1 saturated heterocycles. The van der Waals surface area contributed by atoms with Gasteiger partial charge in [-0.1, -0.05) is 18.2 Å². The van der Waals surface area contributed by atoms with Gasteiger partial charge in [-0.15, -0.1) is 0 Å². The van der Waals surface area contributed by atoms with Crippen LogP contribution in [0.25, 0.3) is 0 Å². The number of aryl methyl sites for hydroxylation is 1. The Morgan fingerprint density at radius 3 is 1.83 bits per heavy atom. The van der Waals surface area contributed by atoms with E-state index in [4.69, 9.17) is 19.8 Å². The Morgan fingerprint density at radius 2 is 1.42 bits per heavy atom. The molecular weight excluding hydrogens is 501 g/mol. The van der Waals surface area contributed by atoms with Gasteiger partial charge in [-0.3, -0.25) is 9.88 Å². The molecule has 3 rings (SSSR count). The lowest BCUT2D eigenvalue weighted by Gasteiger charge is -2.32. The van der Waals surface area contributed by atoms with Gasteiger partial charge in [0.05, 0.1) is 0 Å². The zero-order valence-corrected chi connectivity index (χ0v) is 19.1. The number of benzene rings is 1. The number of aliphatic carboxylic acids is 2. The fourth-order valence-corrected chi connectivity index (χ4v) is 3.23. The summed E-state index contributed by atoms with van der Waals surface area (Å²) < 4.78 is 76.4. The van der Waals surface area contributed by atoms with Gasteiger partial charge in [0.2, 0.25) is 0 Å². The highest BCUT2D eigenvalue weighted by molar-refractivity contribution is 5.73. The summed E-state index contributed by atoms with van der Waals surface area (Å²) in [6.45, 7) is 5.36. The number of alkyl halides is 6. The lowest BCUT2D eigenvalue weighted by atomic mass is 9.90. The normalized spacial score (nSPS) is 14.7. The zero-order chi connectivity index (χ0) is 27.5. The van der Waals surface area contributed by atoms with E-state index < -0.39 is 24.3 Å². The molecule has 0 aliphatic carbocycles. The van der Waals surface area contributed by atoms with E-state index in [9.17, 15) is 30.7 Å². The summed E-state index contributed by atoms with van der Waals surface area (Å²) in [5.41, 5.74) is 3.72. The van der Waals surface area contributed by atoms with E-state index in [1.807, 2.05) is 24.4 Å². The largest absolute Gasteiger partial charge is 0.490 e. The van der Waals surface area contributed by atoms with E-state index in [0.29, 0.717) is 0 Å². The van der Waals surface area contributed by atoms with Crippen LogP contribution in [0.2, 0.25) is 0 Å². The number of carbonyl (C=O) groups is 2. The Bertz CT molecular complexity index is 948. The molecule has 2 N–H and O–H groups in total. The minimum absolute atomic E-state index is 0.148. The molecule has 13 heteroatoms. The number of rotatable bonds is 4. The Morgan fingerprint density at radius 1 is 0.944 bits per heavy atom. The first kappa shape index (κ1) is 30.8. The molecule has 200 valence electrons. The standard InChI is InChI=1S/C19H23FN2.2C2HF3O2/c1-15-18(3-2-10-21-15)14-22-11-8-17(9-12-22)13-16-4-6-19(20)7-5-16;2*3-2(4,5)1(6)7/h2-7,10,17H,8-9,11-14H2,1H3;2*(H,6,7). The second-order valence-corrected chi connectivity index (χ2v) is 7.90. The van der Waals surface area contributed by atoms with Crippen molar-refractivity contribution in [3.8, 4) is 0 Å². The van der Waals surface area contributed by atoms with Crippen LogP contribution in [0.3, 0.4) is 0 Å². The number of carboxylic acids is 2. The van der Waals surface area contributed by atoms with Crippen LogP contribution >= 0.6 is 0 Å². The van der Waals surface area contributed by atoms with Gasteiger partial charge in [-0.2, -0.15) is 26.3 Å². The predicted molar refractivity (Wildman–Crippen MR) is 114 cm³/mol. The summed E-state index contributed by atoms with van der Waals surface area (Å²) in [5, 5.41) is 14.2. The SMILES string of the molecule is Cc1ncccc1CN1CCC(Cc2ccc(F)cc2)CC1.O=C(O)C(F)(F)F.O=C(O)C(F)(F)F. The average Bonchev–Trinajstić information content (AvgIpc) is 2.78. The summed E-state index contributed by atoms with van der Waals surface area (Å²) in [7, 11) is 0. The Hall–Kier alpha value is -3.22. The molecule has 0 atom stereocenters. The molecule has 0 bridgehead atoms. The second-order valence-electron chi connectivity index (χ2n) is 7.90. The maximum Gasteiger partial charge on any atom is 0.490 e. The van der Waals surface area contributed by atoms with Crippen molar-refractivity contribution in [2.24, 2.45) is 5.92 Å². The fourth-order valence-electron chi connectivity index (χ4n) is 3.23. The van der Waals surface area contributed by atoms with E-state index in [-0.39, 0.29) is 5.82 Å². The van der Waals surface area contributed by atoms with Gasteiger partial charge in [0.15, 0.2) is 0 Å². The zero-order valence-electron chi connectivity index (χ0n) is 19.1. The van der Waals surface area contributed by atoms with Crippen LogP contribution in [-0.2, 0) is 22.6 Å². The molecule has 1 aromatic carbocycles. The van der Waals surface area contributed by atoms with Crippen LogP contribution in [0.5, 0.6) is 0 Å². The van der Waals surface area contributed by atoms with Crippen molar-refractivity contribution in [2.45, 2.75) is 45.1 Å². The van der Waals surface area contributed by atoms with E-state index in [2.05, 4.69) is 22.9 Å². The van der Waals surface area contributed by atoms with Crippen LogP contribution in [0.1, 0.15) is 29.7 Å². The number of pyridine rings is 1. The highest BCUT2D eigenvalue weighted by atomic mass is 19.4. The van der Waals surface area contributed by atoms with Crippen LogP contribution in [0.4, 0.5) is 30.7 Å². The quantitative estimate of drug-likeness (QED) is 0.529. The van der Waals surface area contributed by atoms with Gasteiger partial charge in [-0.25, -0.2) is 14.0 Å². The third-order valence-electron chi connectivity index (χ3n) is 5.14. The van der Waals surface area contributed by atoms with Crippen LogP contribution < -0.4 is 0 Å². The topological polar surface area (TPSA) is 90.7 Å². The van der Waals surface area contributed by atoms with Crippen LogP contribution in [0, 0.1) is 18.7 Å². The van der Waals surface area contributed by atoms with Crippen LogP contribution in [-0.4, -0.2) is 57.5 Å². The average molecular weight is 526 g/mol. The van der Waals surface area contributed by atoms with Crippen molar-refractivity contribution in [3.63, 3.8) is 0 Å². The molecule has 6 nitrogen and oxygen atoms in total. The summed E-state index contributed by atoms with van der Waals surface area (Å²) in [6.07, 6.45) is -4.80. The molecule has 1 fully saturated rings. The maximum atomic E-state index is 12.9. The number of hydrogen-bond acceptors (Lipinski definition) is 4. The van der Waals surface area contributed by atoms with Gasteiger partial charge >= 0.3 is 24.3 Å². The molecule has 0 radical (unpaired) electrons. The first-order valence-corrected chi connectivity index (χ1v) is 10.6. The van der Waals surface area contributed by atoms with Crippen molar-refractivity contribution in [3.05, 3.63) is 65.2 Å². The third-order valence-corrected chi connectivity index (χ3v) is 5.14. The Kier molecular flexibility index (Phi) is 11.8. The molecule has 0 unspecified atom stereocenters. The number of likely N-dealkylation sites (tertiary alicyclic amines) is 1. The van der Waals surface area contributed by atoms with E-state index in [1.165, 1.54) is 24.0 Å². The monoisotopic (exact) mass is 526 g/mol. The molecule has 1 aromatic heterocycles. The third kappa shape index (κ3) is 12.0. The number of carboxylic acid groups (broad SMARTS) is 2. The molecule has 1 aliphatic rings. The minimum Gasteiger partial charge on any atom is -0.475 e. The molecule has 0 spiro atoms. The van der Waals surface area contributed by atoms with Crippen LogP contribution in [0.15, 0.2) is 42.6 Å². The summed E-state index contributed by atoms with van der Waals surface area (Å²) in [6, 6.07) is 11.2. The second kappa shape index (κ2) is 13.8. The predicted octanol–water partition coefficient (Wildman–Crippen LogP) is 5.25. The van der Waals surface area contributed by atoms with E-state index in [1.54, 1.807) is 12.1 Å². The summed E-state index contributed by atoms with van der Waals surface area (Å²) in [5.74, 6) is -4.94. The van der Waals surface area contributed by atoms with Gasteiger partial charge in [0.1, 0.15) is 5.82 Å². The fraction of sp³-hybridized carbons (Fsp3) is 0.435. The van der Waals surface area contributed by atoms with Crippen molar-refractivity contribution in [1.29, 1.82) is 0 Å². The van der Waals surface area contributed by atoms with Crippen molar-refractivity contribution in [2.75, 3.05) is 13.1 Å². The van der Waals surface area contributed by atoms with E-state index in [0.717, 1.165) is 37.7 Å². The van der Waals surface area contributed by atoms with Crippen molar-refractivity contribution >= 4 is 11.9 Å². The highest BCUT2D eigenvalue weighted by Crippen LogP contribution is 2.23. The number of hydrogen-bond donors (Lipinski definition) is 2. The Balaban J connectivity index is 0.000000383. The first-order chi connectivity index (χ1) is 16.6. The molecule has 36 heavy (non-hydrogen) atoms. The molecule has 2 aromatic rings. The smallest absolute Gasteiger partial charge is 0.475 e. The Labute approximate surface area is 202 Å². The lowest BCUT2D eigenvalue weighted by molar-refractivity contribution is -0.193. The number of aromatic nitrogens is 1. The van der Waals surface area contributed by atoms with E-state index >= 15 is 0 Å². The van der Waals surface area contributed by atoms with Gasteiger partial charge in [-0.05, 0) is 74.5 Å². The number of halogens is 7. The molecule has 0 saturated carbocycles. The van der Waals surface area contributed by atoms with Crippen molar-refractivity contribution in [1.82, 2.24) is 9.88 Å².